The lowest BCUT2D eigenvalue weighted by molar-refractivity contribution is 0.00770. The lowest BCUT2D eigenvalue weighted by atomic mass is 10.1. The zero-order valence-corrected chi connectivity index (χ0v) is 14.5. The second-order valence-electron chi connectivity index (χ2n) is 6.17. The van der Waals surface area contributed by atoms with Gasteiger partial charge in [-0.05, 0) is 12.1 Å². The van der Waals surface area contributed by atoms with Crippen LogP contribution in [0, 0.1) is 0 Å². The van der Waals surface area contributed by atoms with E-state index in [0.29, 0.717) is 12.3 Å². The van der Waals surface area contributed by atoms with Gasteiger partial charge in [-0.3, -0.25) is 5.32 Å². The number of hydrogen-bond acceptors (Lipinski definition) is 8. The molecule has 1 aromatic carbocycles. The number of esters is 1. The number of nitrogens with one attached hydrogen (secondary N) is 1. The van der Waals surface area contributed by atoms with Crippen LogP contribution in [0.15, 0.2) is 36.5 Å². The first-order valence-electron chi connectivity index (χ1n) is 8.42. The van der Waals surface area contributed by atoms with E-state index in [2.05, 4.69) is 20.4 Å². The smallest absolute Gasteiger partial charge is 0.412 e. The summed E-state index contributed by atoms with van der Waals surface area (Å²) in [5.41, 5.74) is 0.745. The van der Waals surface area contributed by atoms with Crippen molar-refractivity contribution in [3.63, 3.8) is 0 Å². The summed E-state index contributed by atoms with van der Waals surface area (Å²) in [5, 5.41) is 10.4. The molecule has 4 atom stereocenters. The number of carbonyl (C=O) groups is 2. The van der Waals surface area contributed by atoms with Gasteiger partial charge in [0.2, 0.25) is 0 Å². The van der Waals surface area contributed by atoms with Gasteiger partial charge in [-0.25, -0.2) is 14.3 Å². The zero-order chi connectivity index (χ0) is 18.8. The highest BCUT2D eigenvalue weighted by molar-refractivity contribution is 5.86. The maximum absolute atomic E-state index is 12.1. The fourth-order valence-electron chi connectivity index (χ4n) is 3.22. The third-order valence-corrected chi connectivity index (χ3v) is 4.51. The van der Waals surface area contributed by atoms with Gasteiger partial charge in [0.1, 0.15) is 18.2 Å². The van der Waals surface area contributed by atoms with E-state index in [0.717, 1.165) is 0 Å². The van der Waals surface area contributed by atoms with Crippen molar-refractivity contribution < 1.29 is 28.5 Å². The molecular weight excluding hydrogens is 356 g/mol. The number of hydrogen-bond donors (Lipinski definition) is 1. The second-order valence-corrected chi connectivity index (χ2v) is 6.17. The molecule has 0 unspecified atom stereocenters. The van der Waals surface area contributed by atoms with Crippen molar-refractivity contribution in [1.82, 2.24) is 15.0 Å². The largest absolute Gasteiger partial charge is 0.464 e. The van der Waals surface area contributed by atoms with Crippen LogP contribution in [0.3, 0.4) is 0 Å². The predicted molar refractivity (Wildman–Crippen MR) is 90.2 cm³/mol. The average Bonchev–Trinajstić information content (AvgIpc) is 3.39. The molecule has 3 heterocycles. The third-order valence-electron chi connectivity index (χ3n) is 4.51. The lowest BCUT2D eigenvalue weighted by Gasteiger charge is -2.17. The number of fused-ring (bicyclic) bond motifs is 1. The molecule has 2 aromatic rings. The van der Waals surface area contributed by atoms with Crippen molar-refractivity contribution in [1.29, 1.82) is 0 Å². The Balaban J connectivity index is 1.38. The van der Waals surface area contributed by atoms with Crippen molar-refractivity contribution >= 4 is 17.7 Å². The summed E-state index contributed by atoms with van der Waals surface area (Å²) < 4.78 is 23.1. The van der Waals surface area contributed by atoms with Crippen molar-refractivity contribution in [3.8, 4) is 0 Å². The minimum atomic E-state index is -0.573. The van der Waals surface area contributed by atoms with Gasteiger partial charge in [0.05, 0.1) is 26.5 Å². The standard InChI is InChI=1S/C17H18N4O6/c1-24-16(22)11-7-21(20-19-11)12-8-25-15-13(9-26-14(12)15)27-17(23)18-10-5-3-2-4-6-10/h2-7,12-15H,8-9H2,1H3,(H,18,23)/t12-,13+,14+,15+/m0/s1. The first kappa shape index (κ1) is 17.4. The average molecular weight is 374 g/mol. The number of anilines is 1. The molecule has 2 aliphatic rings. The van der Waals surface area contributed by atoms with E-state index in [1.807, 2.05) is 18.2 Å². The maximum atomic E-state index is 12.1. The van der Waals surface area contributed by atoms with Crippen LogP contribution in [-0.2, 0) is 18.9 Å². The number of carbonyl (C=O) groups excluding carboxylic acids is 2. The van der Waals surface area contributed by atoms with E-state index in [4.69, 9.17) is 14.2 Å². The molecule has 2 fully saturated rings. The molecule has 0 spiro atoms. The quantitative estimate of drug-likeness (QED) is 0.789. The summed E-state index contributed by atoms with van der Waals surface area (Å²) >= 11 is 0. The molecule has 142 valence electrons. The van der Waals surface area contributed by atoms with E-state index in [-0.39, 0.29) is 24.4 Å². The highest BCUT2D eigenvalue weighted by Crippen LogP contribution is 2.35. The van der Waals surface area contributed by atoms with Gasteiger partial charge < -0.3 is 18.9 Å². The Morgan fingerprint density at radius 1 is 1.19 bits per heavy atom. The maximum Gasteiger partial charge on any atom is 0.412 e. The minimum Gasteiger partial charge on any atom is -0.464 e. The number of rotatable bonds is 4. The summed E-state index contributed by atoms with van der Waals surface area (Å²) in [5.74, 6) is -0.567. The van der Waals surface area contributed by atoms with Crippen molar-refractivity contribution in [3.05, 3.63) is 42.2 Å². The van der Waals surface area contributed by atoms with Crippen molar-refractivity contribution in [2.45, 2.75) is 24.4 Å². The highest BCUT2D eigenvalue weighted by Gasteiger charge is 2.50. The highest BCUT2D eigenvalue weighted by atomic mass is 16.6. The number of amides is 1. The van der Waals surface area contributed by atoms with Crippen LogP contribution < -0.4 is 5.32 Å². The summed E-state index contributed by atoms with van der Waals surface area (Å²) in [4.78, 5) is 23.6. The Hall–Kier alpha value is -2.98. The fraction of sp³-hybridized carbons (Fsp3) is 0.412. The molecule has 27 heavy (non-hydrogen) atoms. The van der Waals surface area contributed by atoms with E-state index < -0.39 is 24.3 Å². The van der Waals surface area contributed by atoms with Gasteiger partial charge in [0.25, 0.3) is 0 Å². The van der Waals surface area contributed by atoms with Gasteiger partial charge in [-0.2, -0.15) is 0 Å². The molecule has 1 aromatic heterocycles. The molecule has 4 rings (SSSR count). The molecule has 10 heteroatoms. The molecule has 1 amide bonds. The Kier molecular flexibility index (Phi) is 4.73. The van der Waals surface area contributed by atoms with Gasteiger partial charge >= 0.3 is 12.1 Å². The van der Waals surface area contributed by atoms with Gasteiger partial charge in [0, 0.05) is 5.69 Å². The van der Waals surface area contributed by atoms with Gasteiger partial charge in [-0.1, -0.05) is 23.4 Å². The van der Waals surface area contributed by atoms with Crippen molar-refractivity contribution in [2.24, 2.45) is 0 Å². The number of methoxy groups -OCH3 is 1. The zero-order valence-electron chi connectivity index (χ0n) is 14.5. The molecule has 0 bridgehead atoms. The topological polar surface area (TPSA) is 114 Å². The summed E-state index contributed by atoms with van der Waals surface area (Å²) in [6.45, 7) is 0.520. The lowest BCUT2D eigenvalue weighted by Crippen LogP contribution is -2.34. The Labute approximate surface area is 154 Å². The molecule has 0 saturated carbocycles. The minimum absolute atomic E-state index is 0.106. The predicted octanol–water partition coefficient (Wildman–Crippen LogP) is 1.02. The van der Waals surface area contributed by atoms with Crippen LogP contribution in [0.4, 0.5) is 10.5 Å². The Bertz CT molecular complexity index is 826. The second kappa shape index (κ2) is 7.33. The van der Waals surface area contributed by atoms with E-state index in [1.54, 1.807) is 12.1 Å². The van der Waals surface area contributed by atoms with Crippen LogP contribution in [0.5, 0.6) is 0 Å². The Morgan fingerprint density at radius 2 is 1.96 bits per heavy atom. The third kappa shape index (κ3) is 3.49. The molecule has 10 nitrogen and oxygen atoms in total. The summed E-state index contributed by atoms with van der Waals surface area (Å²) in [7, 11) is 1.28. The summed E-state index contributed by atoms with van der Waals surface area (Å²) in [6.07, 6.45) is -0.389. The number of ether oxygens (including phenoxy) is 4. The number of para-hydroxylation sites is 1. The SMILES string of the molecule is COC(=O)c1cn([C@H]2CO[C@H]3[C@@H]2OC[C@H]3OC(=O)Nc2ccccc2)nn1. The monoisotopic (exact) mass is 374 g/mol. The first-order chi connectivity index (χ1) is 13.2. The van der Waals surface area contributed by atoms with E-state index in [9.17, 15) is 9.59 Å². The summed E-state index contributed by atoms with van der Waals surface area (Å²) in [6, 6.07) is 8.74. The Morgan fingerprint density at radius 3 is 2.74 bits per heavy atom. The first-order valence-corrected chi connectivity index (χ1v) is 8.42. The molecule has 0 radical (unpaired) electrons. The molecule has 2 saturated heterocycles. The molecule has 2 aliphatic heterocycles. The van der Waals surface area contributed by atoms with E-state index in [1.165, 1.54) is 18.0 Å². The number of benzene rings is 1. The van der Waals surface area contributed by atoms with Gasteiger partial charge in [0.15, 0.2) is 11.8 Å². The van der Waals surface area contributed by atoms with Crippen LogP contribution in [-0.4, -0.2) is 65.7 Å². The van der Waals surface area contributed by atoms with Crippen LogP contribution >= 0.6 is 0 Å². The van der Waals surface area contributed by atoms with E-state index >= 15 is 0 Å². The van der Waals surface area contributed by atoms with Crippen LogP contribution in [0.1, 0.15) is 16.5 Å². The molecule has 1 N–H and O–H groups in total. The van der Waals surface area contributed by atoms with Crippen molar-refractivity contribution in [2.75, 3.05) is 25.6 Å². The molecular formula is C17H18N4O6. The normalized spacial score (nSPS) is 26.4. The fourth-order valence-corrected chi connectivity index (χ4v) is 3.22. The van der Waals surface area contributed by atoms with Gasteiger partial charge in [-0.15, -0.1) is 5.10 Å². The number of aromatic nitrogens is 3. The van der Waals surface area contributed by atoms with Crippen LogP contribution in [0.2, 0.25) is 0 Å². The number of nitrogens with zero attached hydrogens (tertiary/aromatic N) is 3. The van der Waals surface area contributed by atoms with Crippen LogP contribution in [0.25, 0.3) is 0 Å². The molecule has 0 aliphatic carbocycles.